The van der Waals surface area contributed by atoms with Crippen LogP contribution < -0.4 is 16.6 Å². The summed E-state index contributed by atoms with van der Waals surface area (Å²) in [7, 11) is 0. The SMILES string of the molecule is CC(C)C(CCO)Nc1cc(NN)nc(C(F)(F)F)n1. The van der Waals surface area contributed by atoms with Crippen LogP contribution in [0.3, 0.4) is 0 Å². The van der Waals surface area contributed by atoms with Crippen LogP contribution >= 0.6 is 0 Å². The zero-order chi connectivity index (χ0) is 15.3. The average Bonchev–Trinajstić information content (AvgIpc) is 2.36. The molecule has 0 aromatic carbocycles. The van der Waals surface area contributed by atoms with Crippen molar-refractivity contribution < 1.29 is 18.3 Å². The number of alkyl halides is 3. The maximum absolute atomic E-state index is 12.7. The van der Waals surface area contributed by atoms with E-state index in [4.69, 9.17) is 10.9 Å². The predicted octanol–water partition coefficient (Wildman–Crippen LogP) is 1.60. The molecule has 114 valence electrons. The molecule has 1 rings (SSSR count). The Morgan fingerprint density at radius 1 is 1.30 bits per heavy atom. The summed E-state index contributed by atoms with van der Waals surface area (Å²) in [6.45, 7) is 3.71. The smallest absolute Gasteiger partial charge is 0.396 e. The van der Waals surface area contributed by atoms with Crippen molar-refractivity contribution in [2.24, 2.45) is 11.8 Å². The van der Waals surface area contributed by atoms with Crippen molar-refractivity contribution in [2.75, 3.05) is 17.3 Å². The van der Waals surface area contributed by atoms with E-state index >= 15 is 0 Å². The molecule has 0 aliphatic carbocycles. The molecule has 0 bridgehead atoms. The molecule has 0 fully saturated rings. The fourth-order valence-electron chi connectivity index (χ4n) is 1.62. The quantitative estimate of drug-likeness (QED) is 0.470. The number of hydrogen-bond donors (Lipinski definition) is 4. The van der Waals surface area contributed by atoms with Crippen LogP contribution in [0.2, 0.25) is 0 Å². The van der Waals surface area contributed by atoms with E-state index < -0.39 is 12.0 Å². The molecule has 9 heteroatoms. The Hall–Kier alpha value is -1.61. The number of hydrazine groups is 1. The largest absolute Gasteiger partial charge is 0.451 e. The molecule has 0 saturated carbocycles. The summed E-state index contributed by atoms with van der Waals surface area (Å²) in [5.74, 6) is 3.81. The summed E-state index contributed by atoms with van der Waals surface area (Å²) >= 11 is 0. The highest BCUT2D eigenvalue weighted by atomic mass is 19.4. The number of rotatable bonds is 6. The minimum Gasteiger partial charge on any atom is -0.396 e. The summed E-state index contributed by atoms with van der Waals surface area (Å²) in [5.41, 5.74) is 2.07. The second-order valence-electron chi connectivity index (χ2n) is 4.61. The summed E-state index contributed by atoms with van der Waals surface area (Å²) < 4.78 is 38.0. The minimum absolute atomic E-state index is 0.00688. The molecule has 5 N–H and O–H groups in total. The number of anilines is 2. The van der Waals surface area contributed by atoms with Crippen molar-refractivity contribution in [2.45, 2.75) is 32.5 Å². The first-order chi connectivity index (χ1) is 9.27. The van der Waals surface area contributed by atoms with Crippen molar-refractivity contribution in [3.8, 4) is 0 Å². The van der Waals surface area contributed by atoms with Gasteiger partial charge in [-0.25, -0.2) is 15.8 Å². The van der Waals surface area contributed by atoms with Crippen molar-refractivity contribution in [3.05, 3.63) is 11.9 Å². The number of nitrogen functional groups attached to an aromatic ring is 1. The van der Waals surface area contributed by atoms with Crippen LogP contribution in [-0.4, -0.2) is 27.7 Å². The van der Waals surface area contributed by atoms with Gasteiger partial charge in [0.1, 0.15) is 11.6 Å². The third-order valence-corrected chi connectivity index (χ3v) is 2.71. The van der Waals surface area contributed by atoms with Gasteiger partial charge in [-0.15, -0.1) is 0 Å². The van der Waals surface area contributed by atoms with Crippen LogP contribution in [-0.2, 0) is 6.18 Å². The monoisotopic (exact) mass is 293 g/mol. The zero-order valence-electron chi connectivity index (χ0n) is 11.2. The van der Waals surface area contributed by atoms with Gasteiger partial charge < -0.3 is 15.8 Å². The molecule has 6 nitrogen and oxygen atoms in total. The number of nitrogens with zero attached hydrogens (tertiary/aromatic N) is 2. The Morgan fingerprint density at radius 2 is 1.90 bits per heavy atom. The van der Waals surface area contributed by atoms with Crippen molar-refractivity contribution in [1.29, 1.82) is 0 Å². The van der Waals surface area contributed by atoms with Crippen LogP contribution in [0.25, 0.3) is 0 Å². The highest BCUT2D eigenvalue weighted by molar-refractivity contribution is 5.47. The van der Waals surface area contributed by atoms with E-state index in [1.807, 2.05) is 13.8 Å². The standard InChI is InChI=1S/C11H18F3N5O/c1-6(2)7(3-4-20)16-8-5-9(19-15)18-10(17-8)11(12,13)14/h5-7,20H,3-4,15H2,1-2H3,(H2,16,17,18,19). The third kappa shape index (κ3) is 4.49. The van der Waals surface area contributed by atoms with Gasteiger partial charge >= 0.3 is 6.18 Å². The molecule has 1 atom stereocenters. The van der Waals surface area contributed by atoms with Crippen LogP contribution in [0.15, 0.2) is 6.07 Å². The van der Waals surface area contributed by atoms with Crippen LogP contribution in [0, 0.1) is 5.92 Å². The Morgan fingerprint density at radius 3 is 2.35 bits per heavy atom. The number of aromatic nitrogens is 2. The van der Waals surface area contributed by atoms with Gasteiger partial charge in [-0.05, 0) is 12.3 Å². The highest BCUT2D eigenvalue weighted by Crippen LogP contribution is 2.28. The molecule has 0 aliphatic heterocycles. The fourth-order valence-corrected chi connectivity index (χ4v) is 1.62. The van der Waals surface area contributed by atoms with Gasteiger partial charge in [0.05, 0.1) is 0 Å². The number of nitrogens with one attached hydrogen (secondary N) is 2. The number of hydrogen-bond acceptors (Lipinski definition) is 6. The van der Waals surface area contributed by atoms with Gasteiger partial charge in [0.25, 0.3) is 0 Å². The number of nitrogens with two attached hydrogens (primary N) is 1. The van der Waals surface area contributed by atoms with Crippen molar-refractivity contribution in [1.82, 2.24) is 9.97 Å². The van der Waals surface area contributed by atoms with E-state index in [0.29, 0.717) is 6.42 Å². The summed E-state index contributed by atoms with van der Waals surface area (Å²) in [4.78, 5) is 6.69. The second-order valence-corrected chi connectivity index (χ2v) is 4.61. The van der Waals surface area contributed by atoms with E-state index in [-0.39, 0.29) is 30.2 Å². The van der Waals surface area contributed by atoms with E-state index in [2.05, 4.69) is 20.7 Å². The minimum atomic E-state index is -4.66. The molecule has 0 aliphatic rings. The van der Waals surface area contributed by atoms with Gasteiger partial charge in [-0.2, -0.15) is 13.2 Å². The van der Waals surface area contributed by atoms with Gasteiger partial charge in [-0.1, -0.05) is 13.8 Å². The molecule has 0 saturated heterocycles. The first-order valence-corrected chi connectivity index (χ1v) is 6.08. The maximum Gasteiger partial charge on any atom is 0.451 e. The predicted molar refractivity (Wildman–Crippen MR) is 68.8 cm³/mol. The van der Waals surface area contributed by atoms with Crippen molar-refractivity contribution >= 4 is 11.6 Å². The Labute approximate surface area is 114 Å². The lowest BCUT2D eigenvalue weighted by Crippen LogP contribution is -2.28. The van der Waals surface area contributed by atoms with Crippen molar-refractivity contribution in [3.63, 3.8) is 0 Å². The molecule has 20 heavy (non-hydrogen) atoms. The maximum atomic E-state index is 12.7. The summed E-state index contributed by atoms with van der Waals surface area (Å²) in [5, 5.41) is 11.8. The number of aliphatic hydroxyl groups excluding tert-OH is 1. The van der Waals surface area contributed by atoms with E-state index in [1.165, 1.54) is 6.07 Å². The lowest BCUT2D eigenvalue weighted by molar-refractivity contribution is -0.144. The van der Waals surface area contributed by atoms with Crippen LogP contribution in [0.1, 0.15) is 26.1 Å². The van der Waals surface area contributed by atoms with Crippen LogP contribution in [0.5, 0.6) is 0 Å². The van der Waals surface area contributed by atoms with E-state index in [9.17, 15) is 13.2 Å². The average molecular weight is 293 g/mol. The lowest BCUT2D eigenvalue weighted by atomic mass is 10.0. The van der Waals surface area contributed by atoms with Crippen LogP contribution in [0.4, 0.5) is 24.8 Å². The normalized spacial score (nSPS) is 13.4. The summed E-state index contributed by atoms with van der Waals surface area (Å²) in [6, 6.07) is 1.07. The number of halogens is 3. The lowest BCUT2D eigenvalue weighted by Gasteiger charge is -2.22. The van der Waals surface area contributed by atoms with E-state index in [1.54, 1.807) is 0 Å². The second kappa shape index (κ2) is 6.71. The Bertz CT molecular complexity index is 439. The van der Waals surface area contributed by atoms with Gasteiger partial charge in [0, 0.05) is 18.7 Å². The molecule has 0 amide bonds. The molecule has 1 aromatic rings. The summed E-state index contributed by atoms with van der Waals surface area (Å²) in [6.07, 6.45) is -4.26. The van der Waals surface area contributed by atoms with Gasteiger partial charge in [0.15, 0.2) is 0 Å². The molecule has 1 unspecified atom stereocenters. The molecular formula is C11H18F3N5O. The first kappa shape index (κ1) is 16.4. The highest BCUT2D eigenvalue weighted by Gasteiger charge is 2.35. The Kier molecular flexibility index (Phi) is 5.52. The molecule has 1 heterocycles. The molecule has 0 radical (unpaired) electrons. The Balaban J connectivity index is 3.04. The van der Waals surface area contributed by atoms with Gasteiger partial charge in [-0.3, -0.25) is 0 Å². The topological polar surface area (TPSA) is 96.1 Å². The fraction of sp³-hybridized carbons (Fsp3) is 0.636. The zero-order valence-corrected chi connectivity index (χ0v) is 11.2. The first-order valence-electron chi connectivity index (χ1n) is 6.08. The molecular weight excluding hydrogens is 275 g/mol. The van der Waals surface area contributed by atoms with Gasteiger partial charge in [0.2, 0.25) is 5.82 Å². The number of aliphatic hydroxyl groups is 1. The molecule has 0 spiro atoms. The third-order valence-electron chi connectivity index (χ3n) is 2.71. The van der Waals surface area contributed by atoms with E-state index in [0.717, 1.165) is 0 Å². The molecule has 1 aromatic heterocycles.